The molecule has 1 aliphatic carbocycles. The van der Waals surface area contributed by atoms with Gasteiger partial charge in [-0.05, 0) is 24.6 Å². The van der Waals surface area contributed by atoms with Gasteiger partial charge in [-0.1, -0.05) is 48.5 Å². The standard InChI is InChI=1S/C15H12N2/c1-16-15(17-2)13-9-5-3-7-11(13)12-8-4-6-10-14(12)15/h3-10H,1-2H2. The molecule has 0 aliphatic heterocycles. The predicted octanol–water partition coefficient (Wildman–Crippen LogP) is 3.27. The van der Waals surface area contributed by atoms with Crippen LogP contribution in [0.5, 0.6) is 0 Å². The summed E-state index contributed by atoms with van der Waals surface area (Å²) in [6.07, 6.45) is 0. The maximum atomic E-state index is 4.24. The van der Waals surface area contributed by atoms with E-state index in [9.17, 15) is 0 Å². The second kappa shape index (κ2) is 3.39. The first-order valence-electron chi connectivity index (χ1n) is 5.48. The van der Waals surface area contributed by atoms with Gasteiger partial charge in [0, 0.05) is 11.1 Å². The van der Waals surface area contributed by atoms with E-state index in [1.54, 1.807) is 0 Å². The molecule has 0 aromatic heterocycles. The van der Waals surface area contributed by atoms with Crippen LogP contribution in [-0.4, -0.2) is 13.4 Å². The minimum atomic E-state index is -0.729. The van der Waals surface area contributed by atoms with Gasteiger partial charge in [-0.15, -0.1) is 0 Å². The zero-order valence-electron chi connectivity index (χ0n) is 9.43. The van der Waals surface area contributed by atoms with Gasteiger partial charge in [0.2, 0.25) is 5.66 Å². The van der Waals surface area contributed by atoms with Crippen molar-refractivity contribution in [3.05, 3.63) is 59.7 Å². The largest absolute Gasteiger partial charge is 0.262 e. The minimum absolute atomic E-state index is 0.729. The number of hydrogen-bond acceptors (Lipinski definition) is 2. The van der Waals surface area contributed by atoms with Gasteiger partial charge >= 0.3 is 0 Å². The van der Waals surface area contributed by atoms with Crippen molar-refractivity contribution >= 4 is 13.4 Å². The Morgan fingerprint density at radius 3 is 1.53 bits per heavy atom. The van der Waals surface area contributed by atoms with E-state index in [2.05, 4.69) is 35.6 Å². The Labute approximate surface area is 100 Å². The van der Waals surface area contributed by atoms with Crippen LogP contribution in [-0.2, 0) is 5.66 Å². The van der Waals surface area contributed by atoms with Crippen LogP contribution in [0.4, 0.5) is 0 Å². The molecular formula is C15H12N2. The van der Waals surface area contributed by atoms with Crippen molar-refractivity contribution in [3.8, 4) is 11.1 Å². The van der Waals surface area contributed by atoms with Crippen LogP contribution >= 0.6 is 0 Å². The van der Waals surface area contributed by atoms with Crippen molar-refractivity contribution in [2.75, 3.05) is 0 Å². The van der Waals surface area contributed by atoms with Crippen molar-refractivity contribution in [3.63, 3.8) is 0 Å². The van der Waals surface area contributed by atoms with E-state index < -0.39 is 5.66 Å². The molecule has 0 radical (unpaired) electrons. The summed E-state index contributed by atoms with van der Waals surface area (Å²) >= 11 is 0. The number of rotatable bonds is 2. The summed E-state index contributed by atoms with van der Waals surface area (Å²) in [5.74, 6) is 0. The van der Waals surface area contributed by atoms with Gasteiger partial charge in [0.15, 0.2) is 0 Å². The van der Waals surface area contributed by atoms with Crippen LogP contribution in [0.25, 0.3) is 11.1 Å². The molecule has 0 saturated heterocycles. The van der Waals surface area contributed by atoms with Gasteiger partial charge in [0.1, 0.15) is 0 Å². The molecular weight excluding hydrogens is 208 g/mol. The summed E-state index contributed by atoms with van der Waals surface area (Å²) in [5, 5.41) is 0. The second-order valence-corrected chi connectivity index (χ2v) is 4.08. The molecule has 0 saturated carbocycles. The summed E-state index contributed by atoms with van der Waals surface area (Å²) in [5.41, 5.74) is 3.73. The second-order valence-electron chi connectivity index (χ2n) is 4.08. The highest BCUT2D eigenvalue weighted by Crippen LogP contribution is 2.49. The number of hydrogen-bond donors (Lipinski definition) is 0. The minimum Gasteiger partial charge on any atom is -0.262 e. The molecule has 0 amide bonds. The Morgan fingerprint density at radius 2 is 1.12 bits per heavy atom. The molecule has 0 spiro atoms. The van der Waals surface area contributed by atoms with Gasteiger partial charge in [-0.25, -0.2) is 0 Å². The Kier molecular flexibility index (Phi) is 1.99. The molecule has 17 heavy (non-hydrogen) atoms. The molecule has 82 valence electrons. The highest BCUT2D eigenvalue weighted by atomic mass is 15.1. The highest BCUT2D eigenvalue weighted by molar-refractivity contribution is 5.81. The molecule has 3 rings (SSSR count). The van der Waals surface area contributed by atoms with E-state index >= 15 is 0 Å². The average Bonchev–Trinajstić information content (AvgIpc) is 2.70. The molecule has 0 atom stereocenters. The maximum Gasteiger partial charge on any atom is 0.200 e. The Balaban J connectivity index is 2.46. The Hall–Kier alpha value is -2.22. The lowest BCUT2D eigenvalue weighted by atomic mass is 9.98. The molecule has 2 aromatic rings. The number of fused-ring (bicyclic) bond motifs is 3. The zero-order valence-corrected chi connectivity index (χ0v) is 9.43. The Bertz CT molecular complexity index is 558. The predicted molar refractivity (Wildman–Crippen MR) is 71.8 cm³/mol. The lowest BCUT2D eigenvalue weighted by Crippen LogP contribution is -2.18. The first-order chi connectivity index (χ1) is 8.33. The molecule has 0 heterocycles. The molecule has 2 aromatic carbocycles. The lowest BCUT2D eigenvalue weighted by Gasteiger charge is -2.21. The van der Waals surface area contributed by atoms with Crippen molar-refractivity contribution in [2.24, 2.45) is 9.98 Å². The third-order valence-electron chi connectivity index (χ3n) is 3.35. The molecule has 0 bridgehead atoms. The Morgan fingerprint density at radius 1 is 0.706 bits per heavy atom. The van der Waals surface area contributed by atoms with Crippen molar-refractivity contribution < 1.29 is 0 Å². The van der Waals surface area contributed by atoms with Gasteiger partial charge in [0.25, 0.3) is 0 Å². The van der Waals surface area contributed by atoms with E-state index in [4.69, 9.17) is 0 Å². The monoisotopic (exact) mass is 220 g/mol. The first-order valence-corrected chi connectivity index (χ1v) is 5.48. The fourth-order valence-electron chi connectivity index (χ4n) is 2.58. The van der Waals surface area contributed by atoms with Crippen molar-refractivity contribution in [2.45, 2.75) is 5.66 Å². The number of nitrogens with zero attached hydrogens (tertiary/aromatic N) is 2. The van der Waals surface area contributed by atoms with Crippen LogP contribution in [0.1, 0.15) is 11.1 Å². The van der Waals surface area contributed by atoms with E-state index in [0.29, 0.717) is 0 Å². The highest BCUT2D eigenvalue weighted by Gasteiger charge is 2.41. The van der Waals surface area contributed by atoms with Crippen molar-refractivity contribution in [1.82, 2.24) is 0 Å². The lowest BCUT2D eigenvalue weighted by molar-refractivity contribution is 0.601. The van der Waals surface area contributed by atoms with Crippen LogP contribution in [0.15, 0.2) is 58.5 Å². The summed E-state index contributed by atoms with van der Waals surface area (Å²) in [6, 6.07) is 16.3. The zero-order chi connectivity index (χ0) is 11.9. The summed E-state index contributed by atoms with van der Waals surface area (Å²) in [7, 11) is 0. The van der Waals surface area contributed by atoms with E-state index in [-0.39, 0.29) is 0 Å². The van der Waals surface area contributed by atoms with Gasteiger partial charge < -0.3 is 0 Å². The number of aliphatic imine (C=N–C) groups is 2. The topological polar surface area (TPSA) is 24.7 Å². The normalized spacial score (nSPS) is 14.8. The fraction of sp³-hybridized carbons (Fsp3) is 0.0667. The molecule has 1 aliphatic rings. The van der Waals surface area contributed by atoms with E-state index in [0.717, 1.165) is 11.1 Å². The van der Waals surface area contributed by atoms with Gasteiger partial charge in [-0.2, -0.15) is 0 Å². The van der Waals surface area contributed by atoms with Crippen molar-refractivity contribution in [1.29, 1.82) is 0 Å². The fourth-order valence-corrected chi connectivity index (χ4v) is 2.58. The molecule has 2 heteroatoms. The number of benzene rings is 2. The quantitative estimate of drug-likeness (QED) is 0.694. The molecule has 0 unspecified atom stereocenters. The van der Waals surface area contributed by atoms with Crippen LogP contribution in [0.2, 0.25) is 0 Å². The summed E-state index contributed by atoms with van der Waals surface area (Å²) in [6.45, 7) is 7.40. The molecule has 2 nitrogen and oxygen atoms in total. The first kappa shape index (κ1) is 9.97. The summed E-state index contributed by atoms with van der Waals surface area (Å²) in [4.78, 5) is 8.48. The summed E-state index contributed by atoms with van der Waals surface area (Å²) < 4.78 is 0. The van der Waals surface area contributed by atoms with E-state index in [1.807, 2.05) is 36.4 Å². The smallest absolute Gasteiger partial charge is 0.200 e. The SMILES string of the molecule is C=NC1(N=C)c2ccccc2-c2ccccc21. The van der Waals surface area contributed by atoms with E-state index in [1.165, 1.54) is 11.1 Å². The average molecular weight is 220 g/mol. The van der Waals surface area contributed by atoms with Gasteiger partial charge in [-0.3, -0.25) is 9.98 Å². The van der Waals surface area contributed by atoms with Crippen LogP contribution < -0.4 is 0 Å². The van der Waals surface area contributed by atoms with Gasteiger partial charge in [0.05, 0.1) is 0 Å². The third-order valence-corrected chi connectivity index (χ3v) is 3.35. The molecule has 0 fully saturated rings. The third kappa shape index (κ3) is 1.10. The molecule has 0 N–H and O–H groups in total. The maximum absolute atomic E-state index is 4.24. The van der Waals surface area contributed by atoms with Crippen LogP contribution in [0.3, 0.4) is 0 Å². The van der Waals surface area contributed by atoms with Crippen LogP contribution in [0, 0.1) is 0 Å².